The highest BCUT2D eigenvalue weighted by atomic mass is 19.1. The van der Waals surface area contributed by atoms with E-state index in [0.717, 1.165) is 12.8 Å². The highest BCUT2D eigenvalue weighted by molar-refractivity contribution is 6.03. The van der Waals surface area contributed by atoms with Crippen LogP contribution in [-0.2, 0) is 0 Å². The summed E-state index contributed by atoms with van der Waals surface area (Å²) in [6.45, 7) is 3.18. The minimum atomic E-state index is -1.53. The highest BCUT2D eigenvalue weighted by Crippen LogP contribution is 2.40. The third kappa shape index (κ3) is 3.20. The monoisotopic (exact) mass is 409 g/mol. The van der Waals surface area contributed by atoms with E-state index in [1.165, 1.54) is 26.2 Å². The Hall–Kier alpha value is -3.36. The van der Waals surface area contributed by atoms with E-state index in [2.05, 4.69) is 25.4 Å². The zero-order valence-corrected chi connectivity index (χ0v) is 16.7. The molecule has 1 aromatic carbocycles. The minimum Gasteiger partial charge on any atom is -0.383 e. The molecule has 3 heterocycles. The van der Waals surface area contributed by atoms with Crippen molar-refractivity contribution < 1.29 is 8.78 Å². The van der Waals surface area contributed by atoms with Gasteiger partial charge in [-0.2, -0.15) is 5.10 Å². The number of nitrogens with zero attached hydrogens (tertiary/aromatic N) is 5. The smallest absolute Gasteiger partial charge is 0.164 e. The van der Waals surface area contributed by atoms with E-state index in [-0.39, 0.29) is 12.2 Å². The Balaban J connectivity index is 1.48. The van der Waals surface area contributed by atoms with E-state index in [1.807, 2.05) is 4.68 Å². The molecule has 2 aromatic heterocycles. The first kappa shape index (κ1) is 18.7. The molecule has 0 spiro atoms. The van der Waals surface area contributed by atoms with Gasteiger partial charge in [0.05, 0.1) is 29.4 Å². The second-order valence-corrected chi connectivity index (χ2v) is 8.14. The van der Waals surface area contributed by atoms with Crippen LogP contribution < -0.4 is 11.1 Å². The van der Waals surface area contributed by atoms with Gasteiger partial charge in [0, 0.05) is 11.3 Å². The van der Waals surface area contributed by atoms with Crippen molar-refractivity contribution in [1.82, 2.24) is 19.7 Å². The zero-order valence-electron chi connectivity index (χ0n) is 16.7. The summed E-state index contributed by atoms with van der Waals surface area (Å²) in [5, 5.41) is 8.30. The molecular weight excluding hydrogens is 388 g/mol. The molecule has 9 heteroatoms. The molecule has 1 aliphatic carbocycles. The number of rotatable bonds is 5. The maximum Gasteiger partial charge on any atom is 0.164 e. The van der Waals surface area contributed by atoms with Gasteiger partial charge in [0.25, 0.3) is 0 Å². The zero-order chi connectivity index (χ0) is 21.0. The van der Waals surface area contributed by atoms with Crippen molar-refractivity contribution in [2.45, 2.75) is 38.4 Å². The second-order valence-electron chi connectivity index (χ2n) is 8.14. The summed E-state index contributed by atoms with van der Waals surface area (Å²) >= 11 is 0. The van der Waals surface area contributed by atoms with Gasteiger partial charge in [0.1, 0.15) is 29.3 Å². The molecule has 0 unspecified atom stereocenters. The fraction of sp³-hybridized carbons (Fsp3) is 0.333. The summed E-state index contributed by atoms with van der Waals surface area (Å²) in [5.74, 6) is -0.134. The van der Waals surface area contributed by atoms with Crippen LogP contribution in [-0.4, -0.2) is 37.7 Å². The number of nitrogens with two attached hydrogens (primary N) is 1. The molecular formula is C21H21F2N7. The molecule has 1 aliphatic heterocycles. The number of nitrogen functional groups attached to an aromatic ring is 1. The Kier molecular flexibility index (Phi) is 4.09. The van der Waals surface area contributed by atoms with Crippen molar-refractivity contribution >= 4 is 28.3 Å². The Morgan fingerprint density at radius 1 is 1.23 bits per heavy atom. The summed E-state index contributed by atoms with van der Waals surface area (Å²) in [6.07, 6.45) is 5.11. The van der Waals surface area contributed by atoms with Crippen molar-refractivity contribution in [3.63, 3.8) is 0 Å². The molecule has 30 heavy (non-hydrogen) atoms. The molecule has 1 fully saturated rings. The molecule has 7 nitrogen and oxygen atoms in total. The molecule has 0 atom stereocenters. The number of fused-ring (bicyclic) bond motifs is 1. The SMILES string of the molecule is CC(C)(F)C1=NCC(Nc2ccc(-c3nn(C4CC4)c4ncnc(N)c34)cc2F)=C1. The number of nitrogens with one attached hydrogen (secondary N) is 1. The third-order valence-electron chi connectivity index (χ3n) is 5.29. The van der Waals surface area contributed by atoms with Crippen LogP contribution in [0.25, 0.3) is 22.3 Å². The first-order valence-electron chi connectivity index (χ1n) is 9.81. The van der Waals surface area contributed by atoms with Gasteiger partial charge >= 0.3 is 0 Å². The van der Waals surface area contributed by atoms with Crippen molar-refractivity contribution in [2.24, 2.45) is 4.99 Å². The predicted molar refractivity (Wildman–Crippen MR) is 113 cm³/mol. The summed E-state index contributed by atoms with van der Waals surface area (Å²) in [7, 11) is 0. The quantitative estimate of drug-likeness (QED) is 0.663. The van der Waals surface area contributed by atoms with Crippen LogP contribution in [0.1, 0.15) is 32.7 Å². The molecule has 5 rings (SSSR count). The number of aliphatic imine (C=N–C) groups is 1. The highest BCUT2D eigenvalue weighted by Gasteiger charge is 2.29. The van der Waals surface area contributed by atoms with Gasteiger partial charge in [-0.25, -0.2) is 23.4 Å². The van der Waals surface area contributed by atoms with E-state index < -0.39 is 11.5 Å². The van der Waals surface area contributed by atoms with Crippen LogP contribution in [0.3, 0.4) is 0 Å². The van der Waals surface area contributed by atoms with Crippen LogP contribution >= 0.6 is 0 Å². The normalized spacial score (nSPS) is 16.7. The molecule has 0 amide bonds. The van der Waals surface area contributed by atoms with Gasteiger partial charge in [0.2, 0.25) is 0 Å². The number of hydrogen-bond acceptors (Lipinski definition) is 6. The molecule has 2 aliphatic rings. The molecule has 154 valence electrons. The third-order valence-corrected chi connectivity index (χ3v) is 5.29. The van der Waals surface area contributed by atoms with Crippen LogP contribution in [0.2, 0.25) is 0 Å². The van der Waals surface area contributed by atoms with Crippen molar-refractivity contribution in [3.8, 4) is 11.3 Å². The van der Waals surface area contributed by atoms with Gasteiger partial charge in [-0.05, 0) is 44.9 Å². The fourth-order valence-electron chi connectivity index (χ4n) is 3.57. The number of halogens is 2. The Morgan fingerprint density at radius 2 is 2.03 bits per heavy atom. The average molecular weight is 409 g/mol. The Morgan fingerprint density at radius 3 is 2.70 bits per heavy atom. The molecule has 3 aromatic rings. The van der Waals surface area contributed by atoms with Crippen molar-refractivity contribution in [3.05, 3.63) is 42.1 Å². The summed E-state index contributed by atoms with van der Waals surface area (Å²) in [6, 6.07) is 5.10. The standard InChI is InChI=1S/C21H21F2N7/c1-21(2,23)16-8-12(9-25-16)28-15-6-3-11(7-14(15)22)18-17-19(24)26-10-27-20(17)30(29-18)13-4-5-13/h3,6-8,10,13,28H,4-5,9H2,1-2H3,(H2,24,26,27). The first-order chi connectivity index (χ1) is 14.3. The van der Waals surface area contributed by atoms with Crippen LogP contribution in [0.4, 0.5) is 20.3 Å². The van der Waals surface area contributed by atoms with Crippen LogP contribution in [0.5, 0.6) is 0 Å². The fourth-order valence-corrected chi connectivity index (χ4v) is 3.57. The van der Waals surface area contributed by atoms with Crippen LogP contribution in [0.15, 0.2) is 41.3 Å². The van der Waals surface area contributed by atoms with Crippen molar-refractivity contribution in [2.75, 3.05) is 17.6 Å². The van der Waals surface area contributed by atoms with E-state index in [9.17, 15) is 8.78 Å². The summed E-state index contributed by atoms with van der Waals surface area (Å²) in [5.41, 5.74) is 7.64. The summed E-state index contributed by atoms with van der Waals surface area (Å²) < 4.78 is 30.8. The van der Waals surface area contributed by atoms with E-state index in [4.69, 9.17) is 5.73 Å². The number of benzene rings is 1. The second kappa shape index (κ2) is 6.58. The maximum atomic E-state index is 14.9. The molecule has 0 radical (unpaired) electrons. The lowest BCUT2D eigenvalue weighted by Crippen LogP contribution is -2.23. The van der Waals surface area contributed by atoms with E-state index in [1.54, 1.807) is 18.2 Å². The van der Waals surface area contributed by atoms with Crippen molar-refractivity contribution in [1.29, 1.82) is 0 Å². The topological polar surface area (TPSA) is 94.0 Å². The molecule has 3 N–H and O–H groups in total. The Bertz CT molecular complexity index is 1220. The van der Waals surface area contributed by atoms with E-state index in [0.29, 0.717) is 45.6 Å². The number of alkyl halides is 1. The minimum absolute atomic E-state index is 0.285. The van der Waals surface area contributed by atoms with Gasteiger partial charge in [-0.3, -0.25) is 4.99 Å². The lowest BCUT2D eigenvalue weighted by Gasteiger charge is -2.11. The molecule has 0 bridgehead atoms. The van der Waals surface area contributed by atoms with Gasteiger partial charge in [0.15, 0.2) is 5.65 Å². The number of aromatic nitrogens is 4. The predicted octanol–water partition coefficient (Wildman–Crippen LogP) is 4.05. The first-order valence-corrected chi connectivity index (χ1v) is 9.81. The van der Waals surface area contributed by atoms with Gasteiger partial charge in [-0.1, -0.05) is 6.07 Å². The number of hydrogen-bond donors (Lipinski definition) is 2. The Labute approximate surface area is 171 Å². The summed E-state index contributed by atoms with van der Waals surface area (Å²) in [4.78, 5) is 12.6. The lowest BCUT2D eigenvalue weighted by molar-refractivity contribution is 0.315. The average Bonchev–Trinajstić information content (AvgIpc) is 3.27. The number of anilines is 2. The van der Waals surface area contributed by atoms with Crippen LogP contribution in [0, 0.1) is 5.82 Å². The van der Waals surface area contributed by atoms with Gasteiger partial charge in [-0.15, -0.1) is 0 Å². The van der Waals surface area contributed by atoms with E-state index >= 15 is 0 Å². The lowest BCUT2D eigenvalue weighted by atomic mass is 10.1. The largest absolute Gasteiger partial charge is 0.383 e. The molecule has 1 saturated carbocycles. The molecule has 0 saturated heterocycles. The number of allylic oxidation sites excluding steroid dienone is 1. The maximum absolute atomic E-state index is 14.9. The van der Waals surface area contributed by atoms with Gasteiger partial charge < -0.3 is 11.1 Å².